The Morgan fingerprint density at radius 2 is 2.12 bits per heavy atom. The minimum absolute atomic E-state index is 0.327. The monoisotopic (exact) mass is 230 g/mol. The molecule has 0 aromatic rings. The largest absolute Gasteiger partial charge is 0.295 e. The van der Waals surface area contributed by atoms with E-state index in [2.05, 4.69) is 20.1 Å². The highest BCUT2D eigenvalue weighted by Gasteiger charge is 2.50. The van der Waals surface area contributed by atoms with Crippen LogP contribution in [0.3, 0.4) is 0 Å². The van der Waals surface area contributed by atoms with Crippen molar-refractivity contribution in [3.63, 3.8) is 0 Å². The van der Waals surface area contributed by atoms with Crippen LogP contribution in [0.25, 0.3) is 0 Å². The number of carbonyl (C=O) groups excluding carboxylic acids is 1. The molecule has 3 aliphatic carbocycles. The zero-order valence-electron chi connectivity index (χ0n) is 10.8. The summed E-state index contributed by atoms with van der Waals surface area (Å²) in [6.07, 6.45) is 6.92. The Hall–Kier alpha value is -0.850. The Balaban J connectivity index is 1.91. The summed E-state index contributed by atoms with van der Waals surface area (Å²) >= 11 is 0. The highest BCUT2D eigenvalue weighted by atomic mass is 16.1. The van der Waals surface area contributed by atoms with E-state index in [9.17, 15) is 4.79 Å². The Kier molecular flexibility index (Phi) is 2.36. The van der Waals surface area contributed by atoms with E-state index in [1.54, 1.807) is 0 Å². The van der Waals surface area contributed by atoms with Crippen LogP contribution in [0, 0.1) is 23.2 Å². The van der Waals surface area contributed by atoms with Gasteiger partial charge in [-0.3, -0.25) is 4.79 Å². The van der Waals surface area contributed by atoms with Gasteiger partial charge in [0.05, 0.1) is 0 Å². The summed E-state index contributed by atoms with van der Waals surface area (Å²) in [7, 11) is 0. The van der Waals surface area contributed by atoms with Gasteiger partial charge in [0.1, 0.15) is 0 Å². The van der Waals surface area contributed by atoms with Gasteiger partial charge in [-0.15, -0.1) is 0 Å². The van der Waals surface area contributed by atoms with Crippen LogP contribution in [0.5, 0.6) is 0 Å². The molecule has 1 nitrogen and oxygen atoms in total. The van der Waals surface area contributed by atoms with Gasteiger partial charge in [-0.25, -0.2) is 0 Å². The molecule has 92 valence electrons. The molecule has 0 aromatic heterocycles. The quantitative estimate of drug-likeness (QED) is 0.455. The molecule has 3 aliphatic rings. The van der Waals surface area contributed by atoms with Gasteiger partial charge in [0, 0.05) is 6.42 Å². The standard InChI is InChI=1S/C16H22O/c1-10-5-4-6-16(3)9-12-7-15(17)11(2)13(12)8-14(10)16/h12-14H,1-2,4-9H2,3H3/t12-,13-,14+,16-/m1/s1. The number of fused-ring (bicyclic) bond motifs is 2. The maximum Gasteiger partial charge on any atom is 0.158 e. The van der Waals surface area contributed by atoms with E-state index >= 15 is 0 Å². The van der Waals surface area contributed by atoms with Gasteiger partial charge in [-0.1, -0.05) is 25.7 Å². The average Bonchev–Trinajstić information content (AvgIpc) is 2.52. The number of hydrogen-bond donors (Lipinski definition) is 0. The van der Waals surface area contributed by atoms with E-state index in [4.69, 9.17) is 0 Å². The summed E-state index contributed by atoms with van der Waals surface area (Å²) in [6, 6.07) is 0. The van der Waals surface area contributed by atoms with Crippen molar-refractivity contribution in [1.29, 1.82) is 0 Å². The van der Waals surface area contributed by atoms with Gasteiger partial charge in [-0.05, 0) is 60.8 Å². The number of allylic oxidation sites excluding steroid dienone is 2. The van der Waals surface area contributed by atoms with E-state index in [0.717, 1.165) is 18.4 Å². The first kappa shape index (κ1) is 11.3. The van der Waals surface area contributed by atoms with Crippen LogP contribution in [-0.2, 0) is 4.79 Å². The molecule has 3 fully saturated rings. The minimum atomic E-state index is 0.327. The summed E-state index contributed by atoms with van der Waals surface area (Å²) < 4.78 is 0. The van der Waals surface area contributed by atoms with Crippen molar-refractivity contribution in [1.82, 2.24) is 0 Å². The van der Waals surface area contributed by atoms with Crippen molar-refractivity contribution >= 4 is 5.78 Å². The Bertz CT molecular complexity index is 406. The zero-order valence-corrected chi connectivity index (χ0v) is 10.8. The second kappa shape index (κ2) is 3.57. The van der Waals surface area contributed by atoms with Gasteiger partial charge >= 0.3 is 0 Å². The summed E-state index contributed by atoms with van der Waals surface area (Å²) in [5.41, 5.74) is 2.77. The lowest BCUT2D eigenvalue weighted by atomic mass is 9.54. The van der Waals surface area contributed by atoms with Gasteiger partial charge in [0.25, 0.3) is 0 Å². The molecule has 4 atom stereocenters. The van der Waals surface area contributed by atoms with Crippen molar-refractivity contribution in [3.8, 4) is 0 Å². The molecular formula is C16H22O. The molecule has 1 heteroatoms. The molecule has 0 N–H and O–H groups in total. The number of hydrogen-bond acceptors (Lipinski definition) is 1. The fraction of sp³-hybridized carbons (Fsp3) is 0.688. The predicted molar refractivity (Wildman–Crippen MR) is 69.6 cm³/mol. The maximum absolute atomic E-state index is 11.8. The first-order valence-electron chi connectivity index (χ1n) is 6.91. The third-order valence-electron chi connectivity index (χ3n) is 5.62. The minimum Gasteiger partial charge on any atom is -0.295 e. The van der Waals surface area contributed by atoms with Crippen LogP contribution >= 0.6 is 0 Å². The van der Waals surface area contributed by atoms with E-state index in [-0.39, 0.29) is 0 Å². The van der Waals surface area contributed by atoms with Crippen LogP contribution in [0.15, 0.2) is 24.3 Å². The third-order valence-corrected chi connectivity index (χ3v) is 5.62. The molecule has 3 saturated carbocycles. The molecule has 0 spiro atoms. The number of rotatable bonds is 0. The van der Waals surface area contributed by atoms with E-state index in [0.29, 0.717) is 29.0 Å². The maximum atomic E-state index is 11.8. The van der Waals surface area contributed by atoms with Crippen LogP contribution in [-0.4, -0.2) is 5.78 Å². The van der Waals surface area contributed by atoms with E-state index in [1.165, 1.54) is 31.3 Å². The number of Topliss-reactive ketones (excluding diaryl/α,β-unsaturated/α-hetero) is 1. The molecule has 0 radical (unpaired) electrons. The average molecular weight is 230 g/mol. The smallest absolute Gasteiger partial charge is 0.158 e. The highest BCUT2D eigenvalue weighted by molar-refractivity contribution is 5.97. The van der Waals surface area contributed by atoms with Crippen molar-refractivity contribution in [2.24, 2.45) is 23.2 Å². The Morgan fingerprint density at radius 3 is 2.88 bits per heavy atom. The number of carbonyl (C=O) groups is 1. The molecule has 0 aromatic carbocycles. The van der Waals surface area contributed by atoms with Crippen molar-refractivity contribution in [2.75, 3.05) is 0 Å². The molecule has 17 heavy (non-hydrogen) atoms. The second-order valence-electron chi connectivity index (χ2n) is 6.68. The second-order valence-corrected chi connectivity index (χ2v) is 6.68. The molecule has 0 aliphatic heterocycles. The third kappa shape index (κ3) is 1.55. The van der Waals surface area contributed by atoms with Crippen LogP contribution in [0.2, 0.25) is 0 Å². The van der Waals surface area contributed by atoms with Gasteiger partial charge in [0.2, 0.25) is 0 Å². The molecule has 0 bridgehead atoms. The van der Waals surface area contributed by atoms with Gasteiger partial charge in [0.15, 0.2) is 5.78 Å². The zero-order chi connectivity index (χ0) is 12.2. The summed E-state index contributed by atoms with van der Waals surface area (Å²) in [5, 5.41) is 0. The molecular weight excluding hydrogens is 208 g/mol. The molecule has 3 rings (SSSR count). The Morgan fingerprint density at radius 1 is 1.35 bits per heavy atom. The fourth-order valence-corrected chi connectivity index (χ4v) is 4.66. The first-order valence-corrected chi connectivity index (χ1v) is 6.91. The topological polar surface area (TPSA) is 17.1 Å². The van der Waals surface area contributed by atoms with Crippen molar-refractivity contribution in [3.05, 3.63) is 24.3 Å². The van der Waals surface area contributed by atoms with E-state index in [1.807, 2.05) is 0 Å². The van der Waals surface area contributed by atoms with Crippen LogP contribution < -0.4 is 0 Å². The van der Waals surface area contributed by atoms with Crippen LogP contribution in [0.4, 0.5) is 0 Å². The van der Waals surface area contributed by atoms with E-state index < -0.39 is 0 Å². The molecule has 0 amide bonds. The van der Waals surface area contributed by atoms with Crippen LogP contribution in [0.1, 0.15) is 45.4 Å². The molecule has 0 unspecified atom stereocenters. The molecule has 0 heterocycles. The lowest BCUT2D eigenvalue weighted by Gasteiger charge is -2.50. The predicted octanol–water partition coefficient (Wildman–Crippen LogP) is 3.90. The Labute approximate surface area is 104 Å². The lowest BCUT2D eigenvalue weighted by molar-refractivity contribution is -0.114. The lowest BCUT2D eigenvalue weighted by Crippen LogP contribution is -2.41. The molecule has 0 saturated heterocycles. The van der Waals surface area contributed by atoms with Crippen molar-refractivity contribution < 1.29 is 4.79 Å². The van der Waals surface area contributed by atoms with Crippen molar-refractivity contribution in [2.45, 2.75) is 45.4 Å². The summed E-state index contributed by atoms with van der Waals surface area (Å²) in [4.78, 5) is 11.8. The first-order chi connectivity index (χ1) is 8.01. The fourth-order valence-electron chi connectivity index (χ4n) is 4.66. The SMILES string of the molecule is C=C1C(=O)C[C@@H]2C[C@@]3(C)CCCC(=C)[C@@H]3C[C@H]12. The normalized spacial score (nSPS) is 45.7. The van der Waals surface area contributed by atoms with Gasteiger partial charge in [-0.2, -0.15) is 0 Å². The van der Waals surface area contributed by atoms with Gasteiger partial charge < -0.3 is 0 Å². The summed E-state index contributed by atoms with van der Waals surface area (Å²) in [5.74, 6) is 2.02. The summed E-state index contributed by atoms with van der Waals surface area (Å²) in [6.45, 7) is 10.7. The highest BCUT2D eigenvalue weighted by Crippen LogP contribution is 2.58. The number of ketones is 1.